The average Bonchev–Trinajstić information content (AvgIpc) is 2.96. The van der Waals surface area contributed by atoms with Crippen molar-refractivity contribution in [2.75, 3.05) is 11.4 Å². The summed E-state index contributed by atoms with van der Waals surface area (Å²) in [6.07, 6.45) is 0.0355. The Morgan fingerprint density at radius 2 is 1.76 bits per heavy atom. The van der Waals surface area contributed by atoms with E-state index in [2.05, 4.69) is 4.98 Å². The largest absolute Gasteiger partial charge is 0.477 e. The first-order valence-corrected chi connectivity index (χ1v) is 8.21. The molecule has 0 saturated heterocycles. The lowest BCUT2D eigenvalue weighted by atomic mass is 10.1. The van der Waals surface area contributed by atoms with Crippen LogP contribution in [-0.4, -0.2) is 28.5 Å². The molecule has 5 heteroatoms. The highest BCUT2D eigenvalue weighted by Crippen LogP contribution is 2.25. The number of carbonyl (C=O) groups excluding carboxylic acids is 1. The lowest BCUT2D eigenvalue weighted by Crippen LogP contribution is -2.32. The van der Waals surface area contributed by atoms with E-state index in [1.54, 1.807) is 4.90 Å². The number of aromatic nitrogens is 1. The van der Waals surface area contributed by atoms with Crippen molar-refractivity contribution < 1.29 is 14.7 Å². The molecule has 3 aromatic rings. The molecule has 2 aromatic carbocycles. The number of hydrogen-bond donors (Lipinski definition) is 2. The van der Waals surface area contributed by atoms with Crippen molar-refractivity contribution in [2.24, 2.45) is 0 Å². The van der Waals surface area contributed by atoms with Crippen LogP contribution < -0.4 is 4.90 Å². The average molecular weight is 336 g/mol. The number of fused-ring (bicyclic) bond motifs is 1. The van der Waals surface area contributed by atoms with Crippen molar-refractivity contribution >= 4 is 28.5 Å². The van der Waals surface area contributed by atoms with Crippen LogP contribution in [0.15, 0.2) is 48.5 Å². The Kier molecular flexibility index (Phi) is 4.57. The molecule has 1 amide bonds. The highest BCUT2D eigenvalue weighted by molar-refractivity contribution is 6.03. The van der Waals surface area contributed by atoms with Crippen LogP contribution in [0.1, 0.15) is 28.5 Å². The van der Waals surface area contributed by atoms with Gasteiger partial charge in [-0.1, -0.05) is 36.4 Å². The minimum absolute atomic E-state index is 0.0355. The number of hydrogen-bond acceptors (Lipinski definition) is 2. The Balaban J connectivity index is 2.00. The normalized spacial score (nSPS) is 10.8. The van der Waals surface area contributed by atoms with Crippen molar-refractivity contribution in [3.05, 3.63) is 65.4 Å². The summed E-state index contributed by atoms with van der Waals surface area (Å²) < 4.78 is 0. The van der Waals surface area contributed by atoms with Crippen LogP contribution in [0, 0.1) is 6.92 Å². The minimum Gasteiger partial charge on any atom is -0.477 e. The summed E-state index contributed by atoms with van der Waals surface area (Å²) in [5.74, 6) is -1.18. The zero-order valence-electron chi connectivity index (χ0n) is 14.2. The molecule has 3 rings (SSSR count). The van der Waals surface area contributed by atoms with Crippen molar-refractivity contribution in [1.82, 2.24) is 4.98 Å². The van der Waals surface area contributed by atoms with Gasteiger partial charge >= 0.3 is 5.97 Å². The number of para-hydroxylation sites is 2. The molecule has 5 nitrogen and oxygen atoms in total. The predicted octanol–water partition coefficient (Wildman–Crippen LogP) is 3.77. The summed E-state index contributed by atoms with van der Waals surface area (Å²) in [6.45, 7) is 4.39. The highest BCUT2D eigenvalue weighted by Gasteiger charge is 2.22. The number of carboxylic acid groups (broad SMARTS) is 1. The van der Waals surface area contributed by atoms with E-state index in [0.717, 1.165) is 22.2 Å². The lowest BCUT2D eigenvalue weighted by molar-refractivity contribution is -0.117. The second-order valence-corrected chi connectivity index (χ2v) is 5.93. The summed E-state index contributed by atoms with van der Waals surface area (Å²) in [5, 5.41) is 10.3. The van der Waals surface area contributed by atoms with E-state index < -0.39 is 5.97 Å². The van der Waals surface area contributed by atoms with E-state index >= 15 is 0 Å². The van der Waals surface area contributed by atoms with Gasteiger partial charge in [-0.15, -0.1) is 0 Å². The van der Waals surface area contributed by atoms with Gasteiger partial charge in [0, 0.05) is 28.7 Å². The van der Waals surface area contributed by atoms with Gasteiger partial charge < -0.3 is 15.0 Å². The first kappa shape index (κ1) is 16.8. The molecular formula is C20H20N2O3. The summed E-state index contributed by atoms with van der Waals surface area (Å²) in [4.78, 5) is 29.1. The molecule has 1 heterocycles. The molecule has 0 aliphatic carbocycles. The number of anilines is 1. The van der Waals surface area contributed by atoms with E-state index in [1.165, 1.54) is 0 Å². The molecule has 25 heavy (non-hydrogen) atoms. The molecule has 0 fully saturated rings. The van der Waals surface area contributed by atoms with Crippen LogP contribution >= 0.6 is 0 Å². The van der Waals surface area contributed by atoms with Gasteiger partial charge in [0.05, 0.1) is 6.42 Å². The van der Waals surface area contributed by atoms with Gasteiger partial charge in [0.2, 0.25) is 5.91 Å². The van der Waals surface area contributed by atoms with Crippen LogP contribution in [0.25, 0.3) is 10.9 Å². The first-order valence-electron chi connectivity index (χ1n) is 8.21. The molecule has 0 spiro atoms. The fourth-order valence-corrected chi connectivity index (χ4v) is 3.16. The number of carboxylic acids is 1. The maximum atomic E-state index is 12.9. The molecule has 0 atom stereocenters. The lowest BCUT2D eigenvalue weighted by Gasteiger charge is -2.23. The highest BCUT2D eigenvalue weighted by atomic mass is 16.4. The quantitative estimate of drug-likeness (QED) is 0.745. The zero-order valence-corrected chi connectivity index (χ0v) is 14.2. The molecular weight excluding hydrogens is 316 g/mol. The standard InChI is InChI=1S/C20H20N2O3/c1-3-22(17-11-7-4-8-13(17)2)18(23)12-15-14-9-5-6-10-16(14)21-19(15)20(24)25/h4-11,21H,3,12H2,1-2H3,(H,24,25). The number of likely N-dealkylation sites (N-methyl/N-ethyl adjacent to an activating group) is 1. The third kappa shape index (κ3) is 3.13. The third-order valence-electron chi connectivity index (χ3n) is 4.38. The molecule has 128 valence electrons. The monoisotopic (exact) mass is 336 g/mol. The van der Waals surface area contributed by atoms with E-state index in [1.807, 2.05) is 62.4 Å². The summed E-state index contributed by atoms with van der Waals surface area (Å²) in [5.41, 5.74) is 3.19. The Bertz CT molecular complexity index is 943. The fraction of sp³-hybridized carbons (Fsp3) is 0.200. The van der Waals surface area contributed by atoms with Crippen molar-refractivity contribution in [3.8, 4) is 0 Å². The number of nitrogens with one attached hydrogen (secondary N) is 1. The zero-order chi connectivity index (χ0) is 18.0. The number of aryl methyl sites for hydroxylation is 1. The molecule has 2 N–H and O–H groups in total. The number of rotatable bonds is 5. The Hall–Kier alpha value is -3.08. The van der Waals surface area contributed by atoms with Crippen LogP contribution in [0.2, 0.25) is 0 Å². The van der Waals surface area contributed by atoms with Gasteiger partial charge in [-0.3, -0.25) is 4.79 Å². The van der Waals surface area contributed by atoms with Gasteiger partial charge in [0.25, 0.3) is 0 Å². The summed E-state index contributed by atoms with van der Waals surface area (Å²) in [7, 11) is 0. The Morgan fingerprint density at radius 1 is 1.08 bits per heavy atom. The predicted molar refractivity (Wildman–Crippen MR) is 98.2 cm³/mol. The van der Waals surface area contributed by atoms with Gasteiger partial charge in [-0.25, -0.2) is 4.79 Å². The number of benzene rings is 2. The SMILES string of the molecule is CCN(C(=O)Cc1c(C(=O)O)[nH]c2ccccc12)c1ccccc1C. The van der Waals surface area contributed by atoms with E-state index in [-0.39, 0.29) is 18.0 Å². The number of aromatic amines is 1. The second kappa shape index (κ2) is 6.81. The van der Waals surface area contributed by atoms with E-state index in [0.29, 0.717) is 12.1 Å². The van der Waals surface area contributed by atoms with Crippen LogP contribution in [-0.2, 0) is 11.2 Å². The topological polar surface area (TPSA) is 73.4 Å². The third-order valence-corrected chi connectivity index (χ3v) is 4.38. The number of amides is 1. The van der Waals surface area contributed by atoms with Crippen LogP contribution in [0.5, 0.6) is 0 Å². The van der Waals surface area contributed by atoms with Gasteiger partial charge in [-0.2, -0.15) is 0 Å². The fourth-order valence-electron chi connectivity index (χ4n) is 3.16. The number of aromatic carboxylic acids is 1. The minimum atomic E-state index is -1.06. The molecule has 0 saturated carbocycles. The Labute approximate surface area is 145 Å². The maximum absolute atomic E-state index is 12.9. The number of carbonyl (C=O) groups is 2. The molecule has 0 aliphatic rings. The molecule has 1 aromatic heterocycles. The van der Waals surface area contributed by atoms with Crippen molar-refractivity contribution in [3.63, 3.8) is 0 Å². The van der Waals surface area contributed by atoms with E-state index in [4.69, 9.17) is 0 Å². The van der Waals surface area contributed by atoms with Gasteiger partial charge in [0.15, 0.2) is 0 Å². The second-order valence-electron chi connectivity index (χ2n) is 5.93. The van der Waals surface area contributed by atoms with Crippen molar-refractivity contribution in [2.45, 2.75) is 20.3 Å². The summed E-state index contributed by atoms with van der Waals surface area (Å²) in [6, 6.07) is 15.0. The molecule has 0 aliphatic heterocycles. The maximum Gasteiger partial charge on any atom is 0.352 e. The molecule has 0 radical (unpaired) electrons. The van der Waals surface area contributed by atoms with Crippen LogP contribution in [0.4, 0.5) is 5.69 Å². The first-order chi connectivity index (χ1) is 12.0. The van der Waals surface area contributed by atoms with Gasteiger partial charge in [0.1, 0.15) is 5.69 Å². The number of H-pyrrole nitrogens is 1. The number of nitrogens with zero attached hydrogens (tertiary/aromatic N) is 1. The van der Waals surface area contributed by atoms with Crippen LogP contribution in [0.3, 0.4) is 0 Å². The molecule has 0 bridgehead atoms. The van der Waals surface area contributed by atoms with Gasteiger partial charge in [-0.05, 0) is 31.5 Å². The molecule has 0 unspecified atom stereocenters. The van der Waals surface area contributed by atoms with E-state index in [9.17, 15) is 14.7 Å². The van der Waals surface area contributed by atoms with Crippen molar-refractivity contribution in [1.29, 1.82) is 0 Å². The smallest absolute Gasteiger partial charge is 0.352 e. The Morgan fingerprint density at radius 3 is 2.44 bits per heavy atom. The summed E-state index contributed by atoms with van der Waals surface area (Å²) >= 11 is 0.